The van der Waals surface area contributed by atoms with Crippen LogP contribution in [0.3, 0.4) is 0 Å². The lowest BCUT2D eigenvalue weighted by molar-refractivity contribution is -0.0511. The minimum atomic E-state index is -1.23. The summed E-state index contributed by atoms with van der Waals surface area (Å²) in [7, 11) is 0. The minimum absolute atomic E-state index is 0.194. The van der Waals surface area contributed by atoms with Gasteiger partial charge in [-0.15, -0.1) is 0 Å². The first-order valence-electron chi connectivity index (χ1n) is 11.7. The van der Waals surface area contributed by atoms with E-state index in [2.05, 4.69) is 26.8 Å². The summed E-state index contributed by atoms with van der Waals surface area (Å²) < 4.78 is 7.09. The molecule has 2 aromatic rings. The molecule has 9 heteroatoms. The van der Waals surface area contributed by atoms with Gasteiger partial charge in [-0.25, -0.2) is 15.0 Å². The highest BCUT2D eigenvalue weighted by Crippen LogP contribution is 2.32. The highest BCUT2D eigenvalue weighted by atomic mass is 16.6. The van der Waals surface area contributed by atoms with Crippen molar-refractivity contribution >= 4 is 17.0 Å². The Morgan fingerprint density at radius 3 is 2.56 bits per heavy atom. The first kappa shape index (κ1) is 22.9. The number of nitrogens with two attached hydrogens (primary N) is 1. The molecule has 1 saturated heterocycles. The Morgan fingerprint density at radius 1 is 1.09 bits per heavy atom. The second-order valence-electron chi connectivity index (χ2n) is 8.89. The van der Waals surface area contributed by atoms with Gasteiger partial charge in [0.05, 0.1) is 12.9 Å². The number of aromatic nitrogens is 4. The van der Waals surface area contributed by atoms with E-state index in [4.69, 9.17) is 10.5 Å². The minimum Gasteiger partial charge on any atom is -0.394 e. The number of nitrogen functional groups attached to an aromatic ring is 1. The van der Waals surface area contributed by atoms with Gasteiger partial charge in [0.1, 0.15) is 23.8 Å². The van der Waals surface area contributed by atoms with Gasteiger partial charge in [0.25, 0.3) is 0 Å². The molecule has 9 nitrogen and oxygen atoms in total. The molecule has 1 saturated carbocycles. The topological polar surface area (TPSA) is 140 Å². The van der Waals surface area contributed by atoms with E-state index in [0.29, 0.717) is 11.2 Å². The summed E-state index contributed by atoms with van der Waals surface area (Å²) >= 11 is 0. The number of imidazole rings is 1. The number of rotatable bonds is 5. The van der Waals surface area contributed by atoms with Crippen LogP contribution in [0.1, 0.15) is 76.3 Å². The average Bonchev–Trinajstić information content (AvgIpc) is 3.30. The Bertz CT molecular complexity index is 960. The van der Waals surface area contributed by atoms with E-state index in [-0.39, 0.29) is 11.6 Å². The van der Waals surface area contributed by atoms with Gasteiger partial charge in [0.15, 0.2) is 17.7 Å². The molecule has 174 valence electrons. The maximum Gasteiger partial charge on any atom is 0.208 e. The molecular weight excluding hydrogens is 410 g/mol. The summed E-state index contributed by atoms with van der Waals surface area (Å²) in [6.07, 6.45) is 9.75. The number of anilines is 1. The highest BCUT2D eigenvalue weighted by molar-refractivity contribution is 5.82. The van der Waals surface area contributed by atoms with Crippen LogP contribution in [-0.2, 0) is 4.74 Å². The summed E-state index contributed by atoms with van der Waals surface area (Å²) in [5.74, 6) is 7.46. The van der Waals surface area contributed by atoms with Crippen molar-refractivity contribution in [3.8, 4) is 11.8 Å². The fraction of sp³-hybridized carbons (Fsp3) is 0.696. The second kappa shape index (κ2) is 10.6. The third-order valence-electron chi connectivity index (χ3n) is 6.58. The molecule has 0 radical (unpaired) electrons. The Labute approximate surface area is 188 Å². The van der Waals surface area contributed by atoms with E-state index in [1.165, 1.54) is 62.3 Å². The summed E-state index contributed by atoms with van der Waals surface area (Å²) in [5, 5.41) is 29.7. The van der Waals surface area contributed by atoms with E-state index in [1.807, 2.05) is 0 Å². The first-order valence-corrected chi connectivity index (χ1v) is 11.7. The molecule has 4 atom stereocenters. The Kier molecular flexibility index (Phi) is 7.58. The molecule has 0 bridgehead atoms. The normalized spacial score (nSPS) is 27.1. The molecule has 5 N–H and O–H groups in total. The van der Waals surface area contributed by atoms with Crippen LogP contribution in [0.4, 0.5) is 5.82 Å². The molecule has 0 spiro atoms. The van der Waals surface area contributed by atoms with Crippen LogP contribution in [0.2, 0.25) is 0 Å². The number of unbranched alkanes of at least 4 members (excludes halogenated alkanes) is 1. The number of hydrogen-bond acceptors (Lipinski definition) is 8. The molecule has 32 heavy (non-hydrogen) atoms. The fourth-order valence-electron chi connectivity index (χ4n) is 4.74. The van der Waals surface area contributed by atoms with Gasteiger partial charge in [-0.3, -0.25) is 4.57 Å². The van der Waals surface area contributed by atoms with Gasteiger partial charge < -0.3 is 25.8 Å². The van der Waals surface area contributed by atoms with Gasteiger partial charge in [0.2, 0.25) is 5.82 Å². The smallest absolute Gasteiger partial charge is 0.208 e. The number of aliphatic hydroxyl groups excluding tert-OH is 3. The van der Waals surface area contributed by atoms with Crippen molar-refractivity contribution in [3.63, 3.8) is 0 Å². The average molecular weight is 444 g/mol. The lowest BCUT2D eigenvalue weighted by Gasteiger charge is -2.18. The van der Waals surface area contributed by atoms with Crippen molar-refractivity contribution in [1.82, 2.24) is 19.5 Å². The van der Waals surface area contributed by atoms with E-state index in [1.54, 1.807) is 0 Å². The van der Waals surface area contributed by atoms with Crippen LogP contribution < -0.4 is 5.73 Å². The summed E-state index contributed by atoms with van der Waals surface area (Å²) in [6, 6.07) is 0. The molecule has 1 aliphatic carbocycles. The molecule has 2 fully saturated rings. The third-order valence-corrected chi connectivity index (χ3v) is 6.58. The Balaban J connectivity index is 1.43. The molecule has 2 aromatic heterocycles. The van der Waals surface area contributed by atoms with E-state index in [0.717, 1.165) is 18.8 Å². The van der Waals surface area contributed by atoms with Crippen molar-refractivity contribution in [2.75, 3.05) is 12.3 Å². The predicted octanol–water partition coefficient (Wildman–Crippen LogP) is 1.90. The molecule has 0 amide bonds. The van der Waals surface area contributed by atoms with Crippen molar-refractivity contribution < 1.29 is 20.1 Å². The van der Waals surface area contributed by atoms with Crippen LogP contribution in [0.15, 0.2) is 6.33 Å². The standard InChI is InChI=1S/C23H33N5O4/c24-21-18-22(28(14-25-18)23-20(31)19(30)16(13-29)32-23)27-17(26-21)12-8-4-7-11-15-9-5-2-1-3-6-10-15/h14-16,19-20,23,29-31H,1-7,9-11,13H2,(H2,24,26,27)/t16-,19?,20?,23-/m1/s1. The van der Waals surface area contributed by atoms with Crippen LogP contribution in [-0.4, -0.2) is 59.8 Å². The van der Waals surface area contributed by atoms with Crippen LogP contribution >= 0.6 is 0 Å². The number of ether oxygens (including phenoxy) is 1. The maximum absolute atomic E-state index is 10.3. The van der Waals surface area contributed by atoms with Gasteiger partial charge in [-0.2, -0.15) is 0 Å². The first-order chi connectivity index (χ1) is 15.6. The number of aliphatic hydroxyl groups is 3. The van der Waals surface area contributed by atoms with Crippen molar-refractivity contribution in [2.24, 2.45) is 5.92 Å². The SMILES string of the molecule is Nc1nc(C#CCCCC2CCCCCCC2)nc2c1ncn2[C@@H]1O[C@H](CO)C(O)C1O. The molecule has 0 aromatic carbocycles. The number of fused-ring (bicyclic) bond motifs is 1. The summed E-state index contributed by atoms with van der Waals surface area (Å²) in [5.41, 5.74) is 6.79. The quantitative estimate of drug-likeness (QED) is 0.406. The maximum atomic E-state index is 10.3. The zero-order chi connectivity index (χ0) is 22.5. The number of nitrogens with zero attached hydrogens (tertiary/aromatic N) is 4. The monoisotopic (exact) mass is 443 g/mol. The van der Waals surface area contributed by atoms with Crippen LogP contribution in [0.25, 0.3) is 11.2 Å². The van der Waals surface area contributed by atoms with Gasteiger partial charge in [-0.1, -0.05) is 50.9 Å². The lowest BCUT2D eigenvalue weighted by Crippen LogP contribution is -2.33. The molecule has 1 aliphatic heterocycles. The van der Waals surface area contributed by atoms with E-state index in [9.17, 15) is 15.3 Å². The second-order valence-corrected chi connectivity index (χ2v) is 8.89. The van der Waals surface area contributed by atoms with Gasteiger partial charge >= 0.3 is 0 Å². The Hall–Kier alpha value is -2.25. The lowest BCUT2D eigenvalue weighted by atomic mass is 9.88. The van der Waals surface area contributed by atoms with Crippen molar-refractivity contribution in [3.05, 3.63) is 12.2 Å². The van der Waals surface area contributed by atoms with Gasteiger partial charge in [0, 0.05) is 6.42 Å². The van der Waals surface area contributed by atoms with Crippen LogP contribution in [0.5, 0.6) is 0 Å². The zero-order valence-corrected chi connectivity index (χ0v) is 18.4. The summed E-state index contributed by atoms with van der Waals surface area (Å²) in [6.45, 7) is -0.407. The highest BCUT2D eigenvalue weighted by Gasteiger charge is 2.44. The molecule has 2 aliphatic rings. The summed E-state index contributed by atoms with van der Waals surface area (Å²) in [4.78, 5) is 12.9. The van der Waals surface area contributed by atoms with Gasteiger partial charge in [-0.05, 0) is 24.7 Å². The van der Waals surface area contributed by atoms with E-state index >= 15 is 0 Å². The molecular formula is C23H33N5O4. The predicted molar refractivity (Wildman–Crippen MR) is 119 cm³/mol. The largest absolute Gasteiger partial charge is 0.394 e. The molecule has 3 heterocycles. The number of hydrogen-bond donors (Lipinski definition) is 4. The molecule has 2 unspecified atom stereocenters. The third kappa shape index (κ3) is 5.04. The van der Waals surface area contributed by atoms with Crippen molar-refractivity contribution in [1.29, 1.82) is 0 Å². The molecule has 4 rings (SSSR count). The van der Waals surface area contributed by atoms with Crippen molar-refractivity contribution in [2.45, 2.75) is 88.7 Å². The fourth-order valence-corrected chi connectivity index (χ4v) is 4.74. The van der Waals surface area contributed by atoms with Crippen LogP contribution in [0, 0.1) is 17.8 Å². The Morgan fingerprint density at radius 2 is 1.84 bits per heavy atom. The van der Waals surface area contributed by atoms with E-state index < -0.39 is 31.1 Å². The zero-order valence-electron chi connectivity index (χ0n) is 18.4.